The molecule has 3 rings (SSSR count). The van der Waals surface area contributed by atoms with Crippen LogP contribution in [0.4, 0.5) is 5.82 Å². The maximum absolute atomic E-state index is 4.33. The number of nitrogens with zero attached hydrogens (tertiary/aromatic N) is 6. The molecule has 18 heavy (non-hydrogen) atoms. The fourth-order valence-corrected chi connectivity index (χ4v) is 2.05. The van der Waals surface area contributed by atoms with Gasteiger partial charge in [0, 0.05) is 25.1 Å². The minimum absolute atomic E-state index is 0.504. The topological polar surface area (TPSA) is 95.5 Å². The van der Waals surface area contributed by atoms with Gasteiger partial charge in [-0.15, -0.1) is 10.2 Å². The van der Waals surface area contributed by atoms with Crippen molar-refractivity contribution in [3.8, 4) is 0 Å². The third-order valence-electron chi connectivity index (χ3n) is 3.00. The summed E-state index contributed by atoms with van der Waals surface area (Å²) in [6.45, 7) is 2.41. The largest absolute Gasteiger partial charge is 0.362 e. The van der Waals surface area contributed by atoms with Crippen molar-refractivity contribution in [3.05, 3.63) is 23.4 Å². The maximum atomic E-state index is 4.33. The van der Waals surface area contributed by atoms with E-state index < -0.39 is 0 Å². The van der Waals surface area contributed by atoms with Crippen molar-refractivity contribution in [2.45, 2.75) is 19.5 Å². The predicted molar refractivity (Wildman–Crippen MR) is 63.6 cm³/mol. The summed E-state index contributed by atoms with van der Waals surface area (Å²) in [5.41, 5.74) is 2.29. The average molecular weight is 246 g/mol. The number of rotatable bonds is 3. The second-order valence-corrected chi connectivity index (χ2v) is 4.32. The summed E-state index contributed by atoms with van der Waals surface area (Å²) in [5, 5.41) is 17.0. The quantitative estimate of drug-likeness (QED) is 0.760. The molecule has 0 bridgehead atoms. The Kier molecular flexibility index (Phi) is 2.85. The molecule has 0 spiro atoms. The summed E-state index contributed by atoms with van der Waals surface area (Å²) in [7, 11) is 2.10. The van der Waals surface area contributed by atoms with Crippen LogP contribution in [0.15, 0.2) is 6.33 Å². The van der Waals surface area contributed by atoms with Gasteiger partial charge in [-0.2, -0.15) is 5.21 Å². The molecule has 0 fully saturated rings. The molecule has 8 heteroatoms. The number of H-pyrrole nitrogens is 1. The van der Waals surface area contributed by atoms with Crippen LogP contribution in [0.25, 0.3) is 0 Å². The van der Waals surface area contributed by atoms with Crippen molar-refractivity contribution in [1.29, 1.82) is 0 Å². The minimum Gasteiger partial charge on any atom is -0.362 e. The van der Waals surface area contributed by atoms with E-state index in [9.17, 15) is 0 Å². The maximum Gasteiger partial charge on any atom is 0.193 e. The second kappa shape index (κ2) is 4.65. The Morgan fingerprint density at radius 1 is 1.44 bits per heavy atom. The highest BCUT2D eigenvalue weighted by molar-refractivity contribution is 5.46. The van der Waals surface area contributed by atoms with E-state index in [-0.39, 0.29) is 0 Å². The zero-order valence-electron chi connectivity index (χ0n) is 10.1. The second-order valence-electron chi connectivity index (χ2n) is 4.32. The van der Waals surface area contributed by atoms with Crippen molar-refractivity contribution in [2.24, 2.45) is 0 Å². The Morgan fingerprint density at radius 3 is 3.22 bits per heavy atom. The molecule has 0 aromatic carbocycles. The number of nitrogens with one attached hydrogen (secondary N) is 2. The molecule has 8 nitrogen and oxygen atoms in total. The van der Waals surface area contributed by atoms with Gasteiger partial charge in [-0.3, -0.25) is 0 Å². The van der Waals surface area contributed by atoms with Crippen LogP contribution in [-0.4, -0.2) is 49.1 Å². The number of aromatic amines is 1. The van der Waals surface area contributed by atoms with Gasteiger partial charge >= 0.3 is 0 Å². The molecule has 1 aliphatic heterocycles. The van der Waals surface area contributed by atoms with Gasteiger partial charge in [0.25, 0.3) is 0 Å². The van der Waals surface area contributed by atoms with Crippen molar-refractivity contribution >= 4 is 5.82 Å². The van der Waals surface area contributed by atoms with E-state index in [1.54, 1.807) is 6.33 Å². The van der Waals surface area contributed by atoms with E-state index in [1.807, 2.05) is 0 Å². The molecule has 0 atom stereocenters. The van der Waals surface area contributed by atoms with Gasteiger partial charge in [0.05, 0.1) is 12.2 Å². The third-order valence-corrected chi connectivity index (χ3v) is 3.00. The number of fused-ring (bicyclic) bond motifs is 1. The zero-order chi connectivity index (χ0) is 12.4. The van der Waals surface area contributed by atoms with Gasteiger partial charge in [-0.1, -0.05) is 5.21 Å². The fourth-order valence-electron chi connectivity index (χ4n) is 2.05. The van der Waals surface area contributed by atoms with Gasteiger partial charge in [-0.05, 0) is 7.05 Å². The van der Waals surface area contributed by atoms with Crippen LogP contribution in [0, 0.1) is 0 Å². The summed E-state index contributed by atoms with van der Waals surface area (Å²) in [4.78, 5) is 10.9. The van der Waals surface area contributed by atoms with Gasteiger partial charge < -0.3 is 10.2 Å². The van der Waals surface area contributed by atoms with Crippen LogP contribution in [0.1, 0.15) is 17.1 Å². The molecule has 2 aromatic heterocycles. The standard InChI is InChI=1S/C10H14N8/c1-18-3-2-8-7(5-18)10(13-6-12-8)11-4-9-14-16-17-15-9/h6H,2-5H2,1H3,(H,11,12,13)(H,14,15,16,17). The molecule has 0 amide bonds. The number of tetrazole rings is 1. The van der Waals surface area contributed by atoms with Gasteiger partial charge in [0.1, 0.15) is 12.1 Å². The number of hydrogen-bond donors (Lipinski definition) is 2. The summed E-state index contributed by atoms with van der Waals surface area (Å²) >= 11 is 0. The monoisotopic (exact) mass is 246 g/mol. The first-order valence-electron chi connectivity index (χ1n) is 5.80. The molecule has 0 saturated heterocycles. The summed E-state index contributed by atoms with van der Waals surface area (Å²) in [6, 6.07) is 0. The molecular weight excluding hydrogens is 232 g/mol. The average Bonchev–Trinajstić information content (AvgIpc) is 2.89. The molecule has 1 aliphatic rings. The number of hydrogen-bond acceptors (Lipinski definition) is 7. The van der Waals surface area contributed by atoms with Crippen molar-refractivity contribution in [3.63, 3.8) is 0 Å². The third kappa shape index (κ3) is 2.14. The first kappa shape index (κ1) is 11.0. The van der Waals surface area contributed by atoms with Crippen LogP contribution in [0.2, 0.25) is 0 Å². The van der Waals surface area contributed by atoms with Crippen molar-refractivity contribution < 1.29 is 0 Å². The summed E-state index contributed by atoms with van der Waals surface area (Å²) in [5.74, 6) is 1.47. The normalized spacial score (nSPS) is 15.4. The van der Waals surface area contributed by atoms with Crippen LogP contribution >= 0.6 is 0 Å². The van der Waals surface area contributed by atoms with E-state index in [2.05, 4.69) is 47.9 Å². The molecular formula is C10H14N8. The number of aromatic nitrogens is 6. The Morgan fingerprint density at radius 2 is 2.39 bits per heavy atom. The number of likely N-dealkylation sites (N-methyl/N-ethyl adjacent to an activating group) is 1. The molecule has 94 valence electrons. The van der Waals surface area contributed by atoms with Gasteiger partial charge in [0.2, 0.25) is 0 Å². The lowest BCUT2D eigenvalue weighted by Crippen LogP contribution is -2.28. The highest BCUT2D eigenvalue weighted by Crippen LogP contribution is 2.21. The summed E-state index contributed by atoms with van der Waals surface area (Å²) < 4.78 is 0. The van der Waals surface area contributed by atoms with Crippen LogP contribution < -0.4 is 5.32 Å². The van der Waals surface area contributed by atoms with E-state index in [1.165, 1.54) is 0 Å². The molecule has 0 radical (unpaired) electrons. The molecule has 0 aliphatic carbocycles. The zero-order valence-corrected chi connectivity index (χ0v) is 10.1. The van der Waals surface area contributed by atoms with Crippen LogP contribution in [0.5, 0.6) is 0 Å². The molecule has 2 N–H and O–H groups in total. The number of anilines is 1. The van der Waals surface area contributed by atoms with E-state index >= 15 is 0 Å². The van der Waals surface area contributed by atoms with E-state index in [4.69, 9.17) is 0 Å². The lowest BCUT2D eigenvalue weighted by Gasteiger charge is -2.25. The smallest absolute Gasteiger partial charge is 0.193 e. The lowest BCUT2D eigenvalue weighted by atomic mass is 10.1. The van der Waals surface area contributed by atoms with Gasteiger partial charge in [0.15, 0.2) is 5.82 Å². The molecule has 0 saturated carbocycles. The first-order chi connectivity index (χ1) is 8.83. The highest BCUT2D eigenvalue weighted by Gasteiger charge is 2.18. The SMILES string of the molecule is CN1CCc2ncnc(NCc3nn[nH]n3)c2C1. The Balaban J connectivity index is 1.79. The minimum atomic E-state index is 0.504. The van der Waals surface area contributed by atoms with Crippen LogP contribution in [-0.2, 0) is 19.5 Å². The highest BCUT2D eigenvalue weighted by atomic mass is 15.5. The van der Waals surface area contributed by atoms with E-state index in [0.717, 1.165) is 36.6 Å². The molecule has 2 aromatic rings. The fraction of sp³-hybridized carbons (Fsp3) is 0.500. The van der Waals surface area contributed by atoms with Gasteiger partial charge in [-0.25, -0.2) is 9.97 Å². The van der Waals surface area contributed by atoms with Crippen LogP contribution in [0.3, 0.4) is 0 Å². The van der Waals surface area contributed by atoms with E-state index in [0.29, 0.717) is 12.4 Å². The predicted octanol–water partition coefficient (Wildman–Crippen LogP) is -0.410. The first-order valence-corrected chi connectivity index (χ1v) is 5.80. The Hall–Kier alpha value is -2.09. The van der Waals surface area contributed by atoms with Crippen molar-refractivity contribution in [1.82, 2.24) is 35.5 Å². The Labute approximate surface area is 104 Å². The molecule has 0 unspecified atom stereocenters. The summed E-state index contributed by atoms with van der Waals surface area (Å²) in [6.07, 6.45) is 2.56. The lowest BCUT2D eigenvalue weighted by molar-refractivity contribution is 0.310. The Bertz CT molecular complexity index is 523. The molecule has 3 heterocycles. The van der Waals surface area contributed by atoms with Crippen molar-refractivity contribution in [2.75, 3.05) is 18.9 Å².